The Kier molecular flexibility index (Phi) is 8.02. The Balaban J connectivity index is 2.19. The van der Waals surface area contributed by atoms with E-state index in [4.69, 9.17) is 4.74 Å². The van der Waals surface area contributed by atoms with Crippen molar-refractivity contribution in [3.05, 3.63) is 29.8 Å². The van der Waals surface area contributed by atoms with Crippen molar-refractivity contribution in [2.75, 3.05) is 39.9 Å². The van der Waals surface area contributed by atoms with Crippen LogP contribution in [-0.4, -0.2) is 65.2 Å². The highest BCUT2D eigenvalue weighted by Crippen LogP contribution is 2.18. The van der Waals surface area contributed by atoms with E-state index in [1.54, 1.807) is 12.1 Å². The average molecular weight is 384 g/mol. The van der Waals surface area contributed by atoms with E-state index in [0.29, 0.717) is 12.1 Å². The van der Waals surface area contributed by atoms with E-state index < -0.39 is 10.0 Å². The van der Waals surface area contributed by atoms with Crippen LogP contribution in [0.1, 0.15) is 36.5 Å². The van der Waals surface area contributed by atoms with Gasteiger partial charge in [-0.25, -0.2) is 13.1 Å². The minimum atomic E-state index is -3.66. The monoisotopic (exact) mass is 383 g/mol. The van der Waals surface area contributed by atoms with Crippen LogP contribution in [0.3, 0.4) is 0 Å². The normalized spacial score (nSPS) is 15.8. The van der Waals surface area contributed by atoms with E-state index in [1.807, 2.05) is 11.8 Å². The molecule has 0 unspecified atom stereocenters. The molecule has 8 heteroatoms. The van der Waals surface area contributed by atoms with Gasteiger partial charge in [-0.3, -0.25) is 4.79 Å². The second-order valence-corrected chi connectivity index (χ2v) is 8.17. The number of methoxy groups -OCH3 is 1. The number of nitrogens with zero attached hydrogens (tertiary/aromatic N) is 1. The first kappa shape index (κ1) is 20.8. The summed E-state index contributed by atoms with van der Waals surface area (Å²) in [5.41, 5.74) is 0.409. The third-order valence-electron chi connectivity index (χ3n) is 4.46. The van der Waals surface area contributed by atoms with E-state index in [9.17, 15) is 13.2 Å². The topological polar surface area (TPSA) is 87.7 Å². The van der Waals surface area contributed by atoms with Gasteiger partial charge in [0, 0.05) is 31.8 Å². The van der Waals surface area contributed by atoms with Crippen LogP contribution < -0.4 is 10.0 Å². The number of ether oxygens (including phenoxy) is 1. The Hall–Kier alpha value is -1.48. The quantitative estimate of drug-likeness (QED) is 0.626. The highest BCUT2D eigenvalue weighted by molar-refractivity contribution is 7.89. The summed E-state index contributed by atoms with van der Waals surface area (Å²) in [5.74, 6) is -0.104. The number of carbonyl (C=O) groups excluding carboxylic acids is 1. The second-order valence-electron chi connectivity index (χ2n) is 6.40. The molecule has 7 nitrogen and oxygen atoms in total. The zero-order valence-electron chi connectivity index (χ0n) is 15.5. The van der Waals surface area contributed by atoms with Crippen LogP contribution >= 0.6 is 0 Å². The summed E-state index contributed by atoms with van der Waals surface area (Å²) in [6.45, 7) is 4.99. The van der Waals surface area contributed by atoms with Crippen LogP contribution in [0.25, 0.3) is 0 Å². The Labute approximate surface area is 156 Å². The zero-order chi connectivity index (χ0) is 19.0. The lowest BCUT2D eigenvalue weighted by atomic mass is 10.0. The molecule has 2 N–H and O–H groups in total. The van der Waals surface area contributed by atoms with Crippen molar-refractivity contribution in [2.24, 2.45) is 0 Å². The Bertz CT molecular complexity index is 687. The maximum absolute atomic E-state index is 13.0. The molecule has 1 aromatic rings. The first-order valence-corrected chi connectivity index (χ1v) is 10.6. The molecule has 0 atom stereocenters. The molecule has 0 aromatic heterocycles. The SMILES string of the molecule is CCCN(C(=O)c1cccc(S(=O)(=O)NCCOC)c1)C1CCNCC1. The first-order chi connectivity index (χ1) is 12.5. The zero-order valence-corrected chi connectivity index (χ0v) is 16.3. The number of piperidine rings is 1. The minimum Gasteiger partial charge on any atom is -0.383 e. The number of amides is 1. The standard InChI is InChI=1S/C18H29N3O4S/c1-3-12-21(16-7-9-19-10-8-16)18(22)15-5-4-6-17(14-15)26(23,24)20-11-13-25-2/h4-6,14,16,19-20H,3,7-13H2,1-2H3. The molecular formula is C18H29N3O4S. The van der Waals surface area contributed by atoms with Gasteiger partial charge in [0.15, 0.2) is 0 Å². The van der Waals surface area contributed by atoms with Gasteiger partial charge in [-0.1, -0.05) is 13.0 Å². The van der Waals surface area contributed by atoms with Gasteiger partial charge in [-0.2, -0.15) is 0 Å². The van der Waals surface area contributed by atoms with E-state index in [0.717, 1.165) is 32.4 Å². The van der Waals surface area contributed by atoms with E-state index in [1.165, 1.54) is 19.2 Å². The fourth-order valence-electron chi connectivity index (χ4n) is 3.13. The lowest BCUT2D eigenvalue weighted by molar-refractivity contribution is 0.0642. The number of carbonyl (C=O) groups is 1. The summed E-state index contributed by atoms with van der Waals surface area (Å²) in [6.07, 6.45) is 2.71. The first-order valence-electron chi connectivity index (χ1n) is 9.10. The van der Waals surface area contributed by atoms with Crippen LogP contribution in [0.5, 0.6) is 0 Å². The summed E-state index contributed by atoms with van der Waals surface area (Å²) in [5, 5.41) is 3.31. The lowest BCUT2D eigenvalue weighted by Gasteiger charge is -2.34. The maximum atomic E-state index is 13.0. The van der Waals surface area contributed by atoms with Gasteiger partial charge in [0.05, 0.1) is 11.5 Å². The molecule has 1 saturated heterocycles. The molecule has 0 saturated carbocycles. The Morgan fingerprint density at radius 1 is 1.35 bits per heavy atom. The third kappa shape index (κ3) is 5.51. The largest absolute Gasteiger partial charge is 0.383 e. The molecule has 1 amide bonds. The molecule has 1 heterocycles. The van der Waals surface area contributed by atoms with Gasteiger partial charge in [0.25, 0.3) is 5.91 Å². The molecule has 1 fully saturated rings. The van der Waals surface area contributed by atoms with Gasteiger partial charge in [0.2, 0.25) is 10.0 Å². The Morgan fingerprint density at radius 2 is 2.08 bits per heavy atom. The van der Waals surface area contributed by atoms with Crippen LogP contribution in [0.4, 0.5) is 0 Å². The van der Waals surface area contributed by atoms with Crippen molar-refractivity contribution in [1.82, 2.24) is 14.9 Å². The Morgan fingerprint density at radius 3 is 2.73 bits per heavy atom. The highest BCUT2D eigenvalue weighted by Gasteiger charge is 2.26. The molecule has 0 spiro atoms. The lowest BCUT2D eigenvalue weighted by Crippen LogP contribution is -2.46. The van der Waals surface area contributed by atoms with E-state index in [2.05, 4.69) is 10.0 Å². The minimum absolute atomic E-state index is 0.0983. The number of benzene rings is 1. The summed E-state index contributed by atoms with van der Waals surface area (Å²) < 4.78 is 32.1. The third-order valence-corrected chi connectivity index (χ3v) is 5.92. The van der Waals surface area contributed by atoms with Crippen molar-refractivity contribution >= 4 is 15.9 Å². The predicted octanol–water partition coefficient (Wildman–Crippen LogP) is 1.22. The molecule has 26 heavy (non-hydrogen) atoms. The smallest absolute Gasteiger partial charge is 0.254 e. The molecule has 1 aliphatic rings. The van der Waals surface area contributed by atoms with Crippen molar-refractivity contribution in [3.8, 4) is 0 Å². The maximum Gasteiger partial charge on any atom is 0.254 e. The molecular weight excluding hydrogens is 354 g/mol. The van der Waals surface area contributed by atoms with Gasteiger partial charge >= 0.3 is 0 Å². The fraction of sp³-hybridized carbons (Fsp3) is 0.611. The number of rotatable bonds is 9. The predicted molar refractivity (Wildman–Crippen MR) is 101 cm³/mol. The molecule has 2 rings (SSSR count). The van der Waals surface area contributed by atoms with Crippen LogP contribution in [0.15, 0.2) is 29.2 Å². The van der Waals surface area contributed by atoms with Crippen LogP contribution in [-0.2, 0) is 14.8 Å². The summed E-state index contributed by atoms with van der Waals surface area (Å²) in [4.78, 5) is 15.0. The summed E-state index contributed by atoms with van der Waals surface area (Å²) in [6, 6.07) is 6.45. The van der Waals surface area contributed by atoms with Crippen molar-refractivity contribution in [1.29, 1.82) is 0 Å². The van der Waals surface area contributed by atoms with Gasteiger partial charge in [0.1, 0.15) is 0 Å². The van der Waals surface area contributed by atoms with E-state index >= 15 is 0 Å². The van der Waals surface area contributed by atoms with Gasteiger partial charge in [-0.05, 0) is 50.6 Å². The molecule has 1 aliphatic heterocycles. The van der Waals surface area contributed by atoms with Crippen molar-refractivity contribution in [3.63, 3.8) is 0 Å². The van der Waals surface area contributed by atoms with Crippen molar-refractivity contribution < 1.29 is 17.9 Å². The number of hydrogen-bond acceptors (Lipinski definition) is 5. The molecule has 0 bridgehead atoms. The molecule has 0 aliphatic carbocycles. The highest BCUT2D eigenvalue weighted by atomic mass is 32.2. The summed E-state index contributed by atoms with van der Waals surface area (Å²) >= 11 is 0. The summed E-state index contributed by atoms with van der Waals surface area (Å²) in [7, 11) is -2.15. The van der Waals surface area contributed by atoms with E-state index in [-0.39, 0.29) is 30.0 Å². The number of hydrogen-bond donors (Lipinski definition) is 2. The fourth-order valence-corrected chi connectivity index (χ4v) is 4.19. The van der Waals surface area contributed by atoms with Gasteiger partial charge < -0.3 is 15.0 Å². The second kappa shape index (κ2) is 10.0. The molecule has 1 aromatic carbocycles. The number of nitrogens with one attached hydrogen (secondary N) is 2. The number of sulfonamides is 1. The van der Waals surface area contributed by atoms with Crippen molar-refractivity contribution in [2.45, 2.75) is 37.1 Å². The van der Waals surface area contributed by atoms with Gasteiger partial charge in [-0.15, -0.1) is 0 Å². The average Bonchev–Trinajstić information content (AvgIpc) is 2.66. The van der Waals surface area contributed by atoms with Crippen LogP contribution in [0.2, 0.25) is 0 Å². The van der Waals surface area contributed by atoms with Crippen LogP contribution in [0, 0.1) is 0 Å². The molecule has 146 valence electrons. The molecule has 0 radical (unpaired) electrons.